The van der Waals surface area contributed by atoms with E-state index < -0.39 is 0 Å². The number of aliphatic hydroxyl groups is 1. The van der Waals surface area contributed by atoms with Crippen LogP contribution in [0.4, 0.5) is 0 Å². The van der Waals surface area contributed by atoms with E-state index in [1.807, 2.05) is 35.3 Å². The van der Waals surface area contributed by atoms with Crippen LogP contribution in [-0.4, -0.2) is 26.5 Å². The molecule has 0 aromatic carbocycles. The van der Waals surface area contributed by atoms with Gasteiger partial charge in [0.15, 0.2) is 0 Å². The van der Waals surface area contributed by atoms with Gasteiger partial charge in [0.1, 0.15) is 0 Å². The fraction of sp³-hybridized carbons (Fsp3) is 0.385. The number of aromatic nitrogens is 3. The molecule has 4 heteroatoms. The molecule has 1 aliphatic carbocycles. The molecule has 0 saturated heterocycles. The molecule has 0 spiro atoms. The zero-order chi connectivity index (χ0) is 11.7. The van der Waals surface area contributed by atoms with Gasteiger partial charge < -0.3 is 5.11 Å². The van der Waals surface area contributed by atoms with Gasteiger partial charge in [-0.15, -0.1) is 0 Å². The van der Waals surface area contributed by atoms with Gasteiger partial charge in [-0.3, -0.25) is 9.67 Å². The van der Waals surface area contributed by atoms with Crippen LogP contribution in [0.3, 0.4) is 0 Å². The van der Waals surface area contributed by atoms with Gasteiger partial charge in [-0.25, -0.2) is 0 Å². The molecule has 2 heterocycles. The normalized spacial score (nSPS) is 23.4. The average Bonchev–Trinajstić information content (AvgIpc) is 2.78. The minimum absolute atomic E-state index is 0.296. The molecule has 0 unspecified atom stereocenters. The summed E-state index contributed by atoms with van der Waals surface area (Å²) >= 11 is 0. The molecule has 0 aliphatic heterocycles. The van der Waals surface area contributed by atoms with E-state index in [1.165, 1.54) is 0 Å². The Morgan fingerprint density at radius 3 is 2.94 bits per heavy atom. The number of pyridine rings is 1. The van der Waals surface area contributed by atoms with E-state index in [0.717, 1.165) is 24.1 Å². The van der Waals surface area contributed by atoms with Crippen molar-refractivity contribution >= 4 is 0 Å². The molecule has 2 aromatic rings. The van der Waals surface area contributed by atoms with Crippen molar-refractivity contribution in [3.05, 3.63) is 36.8 Å². The molecule has 3 rings (SSSR count). The van der Waals surface area contributed by atoms with Crippen LogP contribution in [0.15, 0.2) is 36.8 Å². The Bertz CT molecular complexity index is 488. The quantitative estimate of drug-likeness (QED) is 0.874. The molecule has 17 heavy (non-hydrogen) atoms. The zero-order valence-corrected chi connectivity index (χ0v) is 9.53. The van der Waals surface area contributed by atoms with Crippen molar-refractivity contribution in [3.63, 3.8) is 0 Å². The Kier molecular flexibility index (Phi) is 2.65. The van der Waals surface area contributed by atoms with E-state index >= 15 is 0 Å². The summed E-state index contributed by atoms with van der Waals surface area (Å²) in [6.07, 6.45) is 7.74. The van der Waals surface area contributed by atoms with Crippen LogP contribution in [0.2, 0.25) is 0 Å². The largest absolute Gasteiger partial charge is 0.396 e. The van der Waals surface area contributed by atoms with E-state index in [9.17, 15) is 0 Å². The Morgan fingerprint density at radius 1 is 1.35 bits per heavy atom. The standard InChI is InChI=1S/C13H15N3O/c17-9-10-5-12(6-10)16-8-11(7-15-16)13-3-1-2-4-14-13/h1-4,7-8,10,12,17H,5-6,9H2. The molecule has 0 bridgehead atoms. The van der Waals surface area contributed by atoms with E-state index in [0.29, 0.717) is 18.6 Å². The number of rotatable bonds is 3. The molecular formula is C13H15N3O. The van der Waals surface area contributed by atoms with Crippen molar-refractivity contribution in [1.82, 2.24) is 14.8 Å². The maximum absolute atomic E-state index is 8.99. The van der Waals surface area contributed by atoms with Gasteiger partial charge in [-0.05, 0) is 30.9 Å². The summed E-state index contributed by atoms with van der Waals surface area (Å²) in [5.41, 5.74) is 2.01. The van der Waals surface area contributed by atoms with Crippen LogP contribution in [0.1, 0.15) is 18.9 Å². The third-order valence-electron chi connectivity index (χ3n) is 3.41. The summed E-state index contributed by atoms with van der Waals surface area (Å²) in [6, 6.07) is 6.32. The fourth-order valence-corrected chi connectivity index (χ4v) is 2.27. The van der Waals surface area contributed by atoms with Crippen LogP contribution in [0.25, 0.3) is 11.3 Å². The molecule has 1 fully saturated rings. The average molecular weight is 229 g/mol. The maximum atomic E-state index is 8.99. The molecule has 1 N–H and O–H groups in total. The molecule has 1 saturated carbocycles. The van der Waals surface area contributed by atoms with Gasteiger partial charge >= 0.3 is 0 Å². The first-order valence-corrected chi connectivity index (χ1v) is 5.93. The highest BCUT2D eigenvalue weighted by atomic mass is 16.3. The highest BCUT2D eigenvalue weighted by Crippen LogP contribution is 2.37. The molecule has 0 amide bonds. The van der Waals surface area contributed by atoms with Crippen molar-refractivity contribution in [2.24, 2.45) is 5.92 Å². The molecular weight excluding hydrogens is 214 g/mol. The molecule has 88 valence electrons. The first-order valence-electron chi connectivity index (χ1n) is 5.93. The van der Waals surface area contributed by atoms with Crippen molar-refractivity contribution in [3.8, 4) is 11.3 Å². The number of aliphatic hydroxyl groups excluding tert-OH is 1. The van der Waals surface area contributed by atoms with Crippen molar-refractivity contribution in [2.75, 3.05) is 6.61 Å². The Balaban J connectivity index is 1.76. The fourth-order valence-electron chi connectivity index (χ4n) is 2.27. The van der Waals surface area contributed by atoms with E-state index in [2.05, 4.69) is 10.1 Å². The van der Waals surface area contributed by atoms with E-state index in [-0.39, 0.29) is 0 Å². The highest BCUT2D eigenvalue weighted by Gasteiger charge is 2.30. The van der Waals surface area contributed by atoms with E-state index in [1.54, 1.807) is 6.20 Å². The maximum Gasteiger partial charge on any atom is 0.0733 e. The summed E-state index contributed by atoms with van der Waals surface area (Å²) in [4.78, 5) is 4.30. The van der Waals surface area contributed by atoms with Gasteiger partial charge in [0.25, 0.3) is 0 Å². The predicted octanol–water partition coefficient (Wildman–Crippen LogP) is 1.89. The monoisotopic (exact) mass is 229 g/mol. The summed E-state index contributed by atoms with van der Waals surface area (Å²) in [7, 11) is 0. The SMILES string of the molecule is OCC1CC(n2cc(-c3ccccn3)cn2)C1. The minimum atomic E-state index is 0.296. The first-order chi connectivity index (χ1) is 8.36. The van der Waals surface area contributed by atoms with Gasteiger partial charge in [0.2, 0.25) is 0 Å². The third-order valence-corrected chi connectivity index (χ3v) is 3.41. The van der Waals surface area contributed by atoms with Crippen LogP contribution in [0.5, 0.6) is 0 Å². The second-order valence-corrected chi connectivity index (χ2v) is 4.60. The summed E-state index contributed by atoms with van der Waals surface area (Å²) in [5, 5.41) is 13.4. The highest BCUT2D eigenvalue weighted by molar-refractivity contribution is 5.56. The molecule has 2 aromatic heterocycles. The van der Waals surface area contributed by atoms with Crippen molar-refractivity contribution < 1.29 is 5.11 Å². The van der Waals surface area contributed by atoms with Crippen LogP contribution < -0.4 is 0 Å². The lowest BCUT2D eigenvalue weighted by Crippen LogP contribution is -2.29. The zero-order valence-electron chi connectivity index (χ0n) is 9.53. The lowest BCUT2D eigenvalue weighted by molar-refractivity contribution is 0.105. The van der Waals surface area contributed by atoms with Crippen LogP contribution in [-0.2, 0) is 0 Å². The lowest BCUT2D eigenvalue weighted by atomic mass is 9.81. The number of hydrogen-bond acceptors (Lipinski definition) is 3. The summed E-state index contributed by atoms with van der Waals surface area (Å²) in [6.45, 7) is 0.296. The van der Waals surface area contributed by atoms with Gasteiger partial charge in [-0.1, -0.05) is 6.07 Å². The van der Waals surface area contributed by atoms with Gasteiger partial charge in [-0.2, -0.15) is 5.10 Å². The summed E-state index contributed by atoms with van der Waals surface area (Å²) < 4.78 is 2.00. The first kappa shape index (κ1) is 10.5. The van der Waals surface area contributed by atoms with Gasteiger partial charge in [0.05, 0.1) is 17.9 Å². The Morgan fingerprint density at radius 2 is 2.24 bits per heavy atom. The molecule has 0 atom stereocenters. The smallest absolute Gasteiger partial charge is 0.0733 e. The third kappa shape index (κ3) is 1.96. The second-order valence-electron chi connectivity index (χ2n) is 4.60. The van der Waals surface area contributed by atoms with Crippen LogP contribution in [0, 0.1) is 5.92 Å². The number of nitrogens with zero attached hydrogens (tertiary/aromatic N) is 3. The lowest BCUT2D eigenvalue weighted by Gasteiger charge is -2.33. The predicted molar refractivity (Wildman–Crippen MR) is 64.3 cm³/mol. The van der Waals surface area contributed by atoms with Crippen molar-refractivity contribution in [2.45, 2.75) is 18.9 Å². The second kappa shape index (κ2) is 4.30. The van der Waals surface area contributed by atoms with Crippen LogP contribution >= 0.6 is 0 Å². The van der Waals surface area contributed by atoms with Crippen molar-refractivity contribution in [1.29, 1.82) is 0 Å². The minimum Gasteiger partial charge on any atom is -0.396 e. The Hall–Kier alpha value is -1.68. The number of hydrogen-bond donors (Lipinski definition) is 1. The Labute approximate surface area is 99.9 Å². The molecule has 0 radical (unpaired) electrons. The van der Waals surface area contributed by atoms with E-state index in [4.69, 9.17) is 5.11 Å². The molecule has 1 aliphatic rings. The van der Waals surface area contributed by atoms with Gasteiger partial charge in [0, 0.05) is 24.6 Å². The summed E-state index contributed by atoms with van der Waals surface area (Å²) in [5.74, 6) is 0.461. The topological polar surface area (TPSA) is 50.9 Å². The molecule has 4 nitrogen and oxygen atoms in total.